The van der Waals surface area contributed by atoms with Crippen molar-refractivity contribution < 1.29 is 38.4 Å². The predicted molar refractivity (Wildman–Crippen MR) is 161 cm³/mol. The second-order valence-electron chi connectivity index (χ2n) is 14.8. The number of Topliss-reactive ketones (excluding diaryl/α,β-unsaturated/α-hetero) is 2. The molecule has 10 heteroatoms. The molecule has 0 spiro atoms. The third-order valence-corrected chi connectivity index (χ3v) is 9.16. The zero-order chi connectivity index (χ0) is 32.1. The van der Waals surface area contributed by atoms with Crippen molar-refractivity contribution >= 4 is 17.5 Å². The van der Waals surface area contributed by atoms with Gasteiger partial charge in [0.2, 0.25) is 5.79 Å². The number of hydrogen-bond acceptors (Lipinski definition) is 10. The molecular formula is C32H58N2O8. The Balaban J connectivity index is 1.91. The van der Waals surface area contributed by atoms with E-state index in [0.29, 0.717) is 19.4 Å². The second-order valence-corrected chi connectivity index (χ2v) is 14.8. The van der Waals surface area contributed by atoms with E-state index in [1.807, 2.05) is 0 Å². The first-order valence-corrected chi connectivity index (χ1v) is 15.4. The Morgan fingerprint density at radius 3 is 1.76 bits per heavy atom. The van der Waals surface area contributed by atoms with Crippen LogP contribution in [0.2, 0.25) is 0 Å². The van der Waals surface area contributed by atoms with E-state index in [4.69, 9.17) is 18.9 Å². The van der Waals surface area contributed by atoms with Gasteiger partial charge in [-0.15, -0.1) is 0 Å². The Bertz CT molecular complexity index is 911. The number of carbonyl (C=O) groups excluding carboxylic acids is 3. The van der Waals surface area contributed by atoms with Crippen LogP contribution >= 0.6 is 0 Å². The average Bonchev–Trinajstić information content (AvgIpc) is 2.81. The van der Waals surface area contributed by atoms with E-state index < -0.39 is 11.6 Å². The molecule has 2 aliphatic rings. The van der Waals surface area contributed by atoms with E-state index in [2.05, 4.69) is 65.2 Å². The Morgan fingerprint density at radius 1 is 0.786 bits per heavy atom. The molecule has 10 nitrogen and oxygen atoms in total. The molecule has 0 bridgehead atoms. The number of ketones is 2. The molecular weight excluding hydrogens is 540 g/mol. The third-order valence-electron chi connectivity index (χ3n) is 9.16. The van der Waals surface area contributed by atoms with Gasteiger partial charge in [0.25, 0.3) is 0 Å². The van der Waals surface area contributed by atoms with Crippen molar-refractivity contribution in [1.29, 1.82) is 0 Å². The topological polar surface area (TPSA) is 115 Å². The minimum absolute atomic E-state index is 0.0198. The summed E-state index contributed by atoms with van der Waals surface area (Å²) in [6, 6.07) is 0. The fraction of sp³-hybridized carbons (Fsp3) is 0.906. The van der Waals surface area contributed by atoms with Crippen molar-refractivity contribution in [3.8, 4) is 0 Å². The van der Waals surface area contributed by atoms with Crippen LogP contribution in [0.15, 0.2) is 0 Å². The Kier molecular flexibility index (Phi) is 12.4. The highest BCUT2D eigenvalue weighted by atomic mass is 16.6. The first-order valence-electron chi connectivity index (χ1n) is 15.4. The van der Waals surface area contributed by atoms with Crippen LogP contribution in [0.5, 0.6) is 0 Å². The molecule has 2 aliphatic heterocycles. The molecule has 2 fully saturated rings. The van der Waals surface area contributed by atoms with Gasteiger partial charge in [0.05, 0.1) is 32.5 Å². The van der Waals surface area contributed by atoms with Gasteiger partial charge in [-0.25, -0.2) is 0 Å². The molecule has 0 aliphatic carbocycles. The number of methoxy groups -OCH3 is 1. The molecule has 1 atom stereocenters. The maximum Gasteiger partial charge on any atom is 0.306 e. The van der Waals surface area contributed by atoms with E-state index in [1.54, 1.807) is 7.11 Å². The number of hydrogen-bond donors (Lipinski definition) is 1. The molecule has 0 radical (unpaired) electrons. The summed E-state index contributed by atoms with van der Waals surface area (Å²) < 4.78 is 23.3. The smallest absolute Gasteiger partial charge is 0.306 e. The van der Waals surface area contributed by atoms with Crippen LogP contribution in [-0.4, -0.2) is 106 Å². The predicted octanol–water partition coefficient (Wildman–Crippen LogP) is 4.25. The molecule has 0 aromatic rings. The molecule has 1 N–H and O–H groups in total. The van der Waals surface area contributed by atoms with Gasteiger partial charge in [0.1, 0.15) is 11.9 Å². The molecule has 1 unspecified atom stereocenters. The minimum atomic E-state index is -1.93. The van der Waals surface area contributed by atoms with Gasteiger partial charge in [0, 0.05) is 68.4 Å². The maximum atomic E-state index is 12.5. The van der Waals surface area contributed by atoms with Crippen molar-refractivity contribution in [2.45, 2.75) is 154 Å². The summed E-state index contributed by atoms with van der Waals surface area (Å²) in [5, 5.41) is 11.1. The zero-order valence-electron chi connectivity index (χ0n) is 28.1. The number of ether oxygens (including phenoxy) is 4. The summed E-state index contributed by atoms with van der Waals surface area (Å²) in [5.74, 6) is -2.75. The van der Waals surface area contributed by atoms with Gasteiger partial charge in [0.15, 0.2) is 5.78 Å². The average molecular weight is 599 g/mol. The van der Waals surface area contributed by atoms with Crippen LogP contribution in [0, 0.1) is 0 Å². The van der Waals surface area contributed by atoms with Crippen LogP contribution in [0.25, 0.3) is 0 Å². The van der Waals surface area contributed by atoms with Crippen molar-refractivity contribution in [1.82, 2.24) is 9.80 Å². The second kappa shape index (κ2) is 14.1. The zero-order valence-corrected chi connectivity index (χ0v) is 28.1. The summed E-state index contributed by atoms with van der Waals surface area (Å²) in [6.45, 7) is 21.1. The van der Waals surface area contributed by atoms with Crippen LogP contribution in [-0.2, 0) is 33.3 Å². The standard InChI is InChI=1S/C32H58N2O8/c1-23(35)12-13-27(37)42-26-20-30(7,8)34(31(9,10)21-26)22-40-16-14-32(38,24(2)36)41-17-15-33-28(3,4)18-25(39-11)19-29(33,5)6/h25-26,38H,12-22H2,1-11H3. The first-order chi connectivity index (χ1) is 19.1. The normalized spacial score (nSPS) is 24.2. The molecule has 2 rings (SSSR count). The Labute approximate surface area is 253 Å². The SMILES string of the molecule is COC1CC(C)(C)N(CCOC(O)(CCOCN2C(C)(C)CC(OC(=O)CCC(C)=O)CC2(C)C)C(C)=O)C(C)(C)C1. The van der Waals surface area contributed by atoms with Crippen LogP contribution in [0.4, 0.5) is 0 Å². The van der Waals surface area contributed by atoms with Crippen LogP contribution in [0.3, 0.4) is 0 Å². The number of nitrogens with zero attached hydrogens (tertiary/aromatic N) is 2. The van der Waals surface area contributed by atoms with E-state index in [-0.39, 0.29) is 85.3 Å². The van der Waals surface area contributed by atoms with Gasteiger partial charge in [-0.1, -0.05) is 0 Å². The lowest BCUT2D eigenvalue weighted by Gasteiger charge is -2.55. The van der Waals surface area contributed by atoms with Gasteiger partial charge in [-0.2, -0.15) is 0 Å². The number of esters is 1. The summed E-state index contributed by atoms with van der Waals surface area (Å²) in [5.41, 5.74) is -0.917. The van der Waals surface area contributed by atoms with E-state index in [0.717, 1.165) is 12.8 Å². The lowest BCUT2D eigenvalue weighted by Crippen LogP contribution is -2.63. The molecule has 0 aromatic carbocycles. The van der Waals surface area contributed by atoms with Gasteiger partial charge in [-0.05, 0) is 75.2 Å². The highest BCUT2D eigenvalue weighted by Crippen LogP contribution is 2.40. The van der Waals surface area contributed by atoms with Crippen molar-refractivity contribution in [2.24, 2.45) is 0 Å². The summed E-state index contributed by atoms with van der Waals surface area (Å²) in [7, 11) is 1.76. The molecule has 2 heterocycles. The van der Waals surface area contributed by atoms with Gasteiger partial charge < -0.3 is 28.8 Å². The van der Waals surface area contributed by atoms with Gasteiger partial charge >= 0.3 is 5.97 Å². The minimum Gasteiger partial charge on any atom is -0.462 e. The highest BCUT2D eigenvalue weighted by molar-refractivity contribution is 5.83. The fourth-order valence-corrected chi connectivity index (χ4v) is 7.20. The lowest BCUT2D eigenvalue weighted by molar-refractivity contribution is -0.218. The summed E-state index contributed by atoms with van der Waals surface area (Å²) in [4.78, 5) is 40.5. The fourth-order valence-electron chi connectivity index (χ4n) is 7.20. The first kappa shape index (κ1) is 36.8. The molecule has 42 heavy (non-hydrogen) atoms. The van der Waals surface area contributed by atoms with E-state index in [9.17, 15) is 19.5 Å². The third kappa shape index (κ3) is 9.79. The van der Waals surface area contributed by atoms with Crippen molar-refractivity contribution in [3.63, 3.8) is 0 Å². The molecule has 2 saturated heterocycles. The Morgan fingerprint density at radius 2 is 1.29 bits per heavy atom. The van der Waals surface area contributed by atoms with Gasteiger partial charge in [-0.3, -0.25) is 19.4 Å². The maximum absolute atomic E-state index is 12.5. The number of rotatable bonds is 15. The van der Waals surface area contributed by atoms with Crippen molar-refractivity contribution in [2.75, 3.05) is 33.6 Å². The van der Waals surface area contributed by atoms with Crippen LogP contribution in [0.1, 0.15) is 114 Å². The van der Waals surface area contributed by atoms with E-state index >= 15 is 0 Å². The lowest BCUT2D eigenvalue weighted by atomic mass is 9.78. The summed E-state index contributed by atoms with van der Waals surface area (Å²) in [6.07, 6.45) is 3.28. The molecule has 0 aromatic heterocycles. The monoisotopic (exact) mass is 598 g/mol. The van der Waals surface area contributed by atoms with E-state index in [1.165, 1.54) is 13.8 Å². The highest BCUT2D eigenvalue weighted by Gasteiger charge is 2.47. The summed E-state index contributed by atoms with van der Waals surface area (Å²) >= 11 is 0. The Hall–Kier alpha value is -1.43. The number of likely N-dealkylation sites (tertiary alicyclic amines) is 2. The molecule has 244 valence electrons. The van der Waals surface area contributed by atoms with Crippen molar-refractivity contribution in [3.05, 3.63) is 0 Å². The quantitative estimate of drug-likeness (QED) is 0.167. The molecule has 0 amide bonds. The number of carbonyl (C=O) groups is 3. The van der Waals surface area contributed by atoms with Crippen LogP contribution < -0.4 is 0 Å². The number of aliphatic hydroxyl groups is 1. The molecule has 0 saturated carbocycles. The number of piperidine rings is 2. The largest absolute Gasteiger partial charge is 0.462 e.